The SMILES string of the molecule is COc1ccc([C@@H]2C(C#N)=C(N)Oc3cc(C)[nH]c(=O)c32)cc1OC. The van der Waals surface area contributed by atoms with Crippen LogP contribution in [0.5, 0.6) is 17.2 Å². The molecular formula is C18H17N3O4. The van der Waals surface area contributed by atoms with Gasteiger partial charge in [0.25, 0.3) is 5.56 Å². The zero-order valence-corrected chi connectivity index (χ0v) is 14.0. The van der Waals surface area contributed by atoms with Crippen LogP contribution in [0.1, 0.15) is 22.7 Å². The van der Waals surface area contributed by atoms with E-state index in [2.05, 4.69) is 11.1 Å². The molecule has 0 radical (unpaired) electrons. The van der Waals surface area contributed by atoms with Crippen LogP contribution in [-0.2, 0) is 0 Å². The first-order valence-corrected chi connectivity index (χ1v) is 7.53. The molecule has 2 heterocycles. The maximum Gasteiger partial charge on any atom is 0.256 e. The van der Waals surface area contributed by atoms with Crippen molar-refractivity contribution in [1.82, 2.24) is 4.98 Å². The summed E-state index contributed by atoms with van der Waals surface area (Å²) in [6.07, 6.45) is 0. The highest BCUT2D eigenvalue weighted by Gasteiger charge is 2.33. The molecule has 3 rings (SSSR count). The lowest BCUT2D eigenvalue weighted by Crippen LogP contribution is -2.28. The van der Waals surface area contributed by atoms with E-state index in [1.165, 1.54) is 14.2 Å². The summed E-state index contributed by atoms with van der Waals surface area (Å²) in [6, 6.07) is 8.95. The fraction of sp³-hybridized carbons (Fsp3) is 0.222. The number of hydrogen-bond donors (Lipinski definition) is 2. The van der Waals surface area contributed by atoms with Gasteiger partial charge in [0.2, 0.25) is 5.88 Å². The number of nitrogens with zero attached hydrogens (tertiary/aromatic N) is 1. The summed E-state index contributed by atoms with van der Waals surface area (Å²) in [5.74, 6) is 0.717. The standard InChI is InChI=1S/C18H17N3O4/c1-9-6-14-16(18(22)21-9)15(11(8-19)17(20)25-14)10-4-5-12(23-2)13(7-10)24-3/h4-7,15H,20H2,1-3H3,(H,21,22)/t15-/m1/s1. The van der Waals surface area contributed by atoms with Gasteiger partial charge in [-0.1, -0.05) is 6.07 Å². The van der Waals surface area contributed by atoms with E-state index in [-0.39, 0.29) is 17.0 Å². The Balaban J connectivity index is 2.28. The molecule has 1 aliphatic heterocycles. The minimum Gasteiger partial charge on any atom is -0.493 e. The van der Waals surface area contributed by atoms with E-state index in [9.17, 15) is 10.1 Å². The van der Waals surface area contributed by atoms with E-state index in [1.807, 2.05) is 0 Å². The normalized spacial score (nSPS) is 15.8. The number of aromatic amines is 1. The summed E-state index contributed by atoms with van der Waals surface area (Å²) in [4.78, 5) is 15.3. The fourth-order valence-electron chi connectivity index (χ4n) is 2.97. The highest BCUT2D eigenvalue weighted by atomic mass is 16.5. The minimum absolute atomic E-state index is 0.0141. The number of allylic oxidation sites excluding steroid dienone is 1. The number of nitriles is 1. The summed E-state index contributed by atoms with van der Waals surface area (Å²) in [5.41, 5.74) is 7.43. The van der Waals surface area contributed by atoms with E-state index in [4.69, 9.17) is 19.9 Å². The van der Waals surface area contributed by atoms with Crippen molar-refractivity contribution < 1.29 is 14.2 Å². The smallest absolute Gasteiger partial charge is 0.256 e. The van der Waals surface area contributed by atoms with Gasteiger partial charge in [-0.2, -0.15) is 5.26 Å². The maximum atomic E-state index is 12.5. The first kappa shape index (κ1) is 16.5. The summed E-state index contributed by atoms with van der Waals surface area (Å²) in [7, 11) is 3.05. The lowest BCUT2D eigenvalue weighted by atomic mass is 9.84. The van der Waals surface area contributed by atoms with Crippen molar-refractivity contribution in [2.24, 2.45) is 5.73 Å². The van der Waals surface area contributed by atoms with Crippen molar-refractivity contribution >= 4 is 0 Å². The van der Waals surface area contributed by atoms with Gasteiger partial charge in [0.1, 0.15) is 17.4 Å². The fourth-order valence-corrected chi connectivity index (χ4v) is 2.97. The van der Waals surface area contributed by atoms with Gasteiger partial charge < -0.3 is 24.9 Å². The molecule has 1 atom stereocenters. The van der Waals surface area contributed by atoms with Crippen molar-refractivity contribution in [3.05, 3.63) is 62.9 Å². The monoisotopic (exact) mass is 339 g/mol. The Morgan fingerprint density at radius 3 is 2.60 bits per heavy atom. The van der Waals surface area contributed by atoms with Gasteiger partial charge in [-0.15, -0.1) is 0 Å². The quantitative estimate of drug-likeness (QED) is 0.884. The molecule has 0 amide bonds. The van der Waals surface area contributed by atoms with Crippen molar-refractivity contribution in [2.75, 3.05) is 14.2 Å². The Morgan fingerprint density at radius 1 is 1.24 bits per heavy atom. The van der Waals surface area contributed by atoms with E-state index < -0.39 is 5.92 Å². The average Bonchev–Trinajstić information content (AvgIpc) is 2.59. The maximum absolute atomic E-state index is 12.5. The number of aromatic nitrogens is 1. The molecular weight excluding hydrogens is 322 g/mol. The molecule has 0 saturated heterocycles. The molecule has 3 N–H and O–H groups in total. The molecule has 0 spiro atoms. The lowest BCUT2D eigenvalue weighted by Gasteiger charge is -2.26. The molecule has 128 valence electrons. The number of nitrogens with two attached hydrogens (primary N) is 1. The number of ether oxygens (including phenoxy) is 3. The van der Waals surface area contributed by atoms with Crippen LogP contribution in [0.2, 0.25) is 0 Å². The molecule has 0 fully saturated rings. The number of nitrogens with one attached hydrogen (secondary N) is 1. The molecule has 0 saturated carbocycles. The summed E-state index contributed by atoms with van der Waals surface area (Å²) >= 11 is 0. The topological polar surface area (TPSA) is 110 Å². The van der Waals surface area contributed by atoms with Crippen LogP contribution in [0.25, 0.3) is 0 Å². The highest BCUT2D eigenvalue weighted by molar-refractivity contribution is 5.57. The van der Waals surface area contributed by atoms with Gasteiger partial charge in [0.15, 0.2) is 11.5 Å². The largest absolute Gasteiger partial charge is 0.493 e. The van der Waals surface area contributed by atoms with Gasteiger partial charge in [0, 0.05) is 11.8 Å². The second kappa shape index (κ2) is 6.24. The van der Waals surface area contributed by atoms with Crippen LogP contribution in [0.4, 0.5) is 0 Å². The van der Waals surface area contributed by atoms with Crippen LogP contribution in [0.15, 0.2) is 40.5 Å². The Bertz CT molecular complexity index is 969. The number of hydrogen-bond acceptors (Lipinski definition) is 6. The number of fused-ring (bicyclic) bond motifs is 1. The molecule has 0 unspecified atom stereocenters. The Morgan fingerprint density at radius 2 is 1.96 bits per heavy atom. The molecule has 1 aromatic heterocycles. The Labute approximate surface area is 144 Å². The highest BCUT2D eigenvalue weighted by Crippen LogP contribution is 2.42. The van der Waals surface area contributed by atoms with Gasteiger partial charge in [0.05, 0.1) is 25.7 Å². The number of H-pyrrole nitrogens is 1. The molecule has 7 heteroatoms. The Hall–Kier alpha value is -3.40. The second-order valence-electron chi connectivity index (χ2n) is 5.60. The van der Waals surface area contributed by atoms with Gasteiger partial charge in [-0.05, 0) is 24.6 Å². The summed E-state index contributed by atoms with van der Waals surface area (Å²) < 4.78 is 16.1. The average molecular weight is 339 g/mol. The predicted molar refractivity (Wildman–Crippen MR) is 90.6 cm³/mol. The molecule has 0 aliphatic carbocycles. The van der Waals surface area contributed by atoms with E-state index in [0.717, 1.165) is 0 Å². The lowest BCUT2D eigenvalue weighted by molar-refractivity contribution is 0.354. The predicted octanol–water partition coefficient (Wildman–Crippen LogP) is 1.92. The number of rotatable bonds is 3. The molecule has 1 aromatic carbocycles. The number of aryl methyl sites for hydroxylation is 1. The van der Waals surface area contributed by atoms with Crippen LogP contribution in [0, 0.1) is 18.3 Å². The van der Waals surface area contributed by atoms with Crippen molar-refractivity contribution in [3.8, 4) is 23.3 Å². The third-order valence-corrected chi connectivity index (χ3v) is 4.09. The van der Waals surface area contributed by atoms with Crippen LogP contribution in [0.3, 0.4) is 0 Å². The number of benzene rings is 1. The van der Waals surface area contributed by atoms with E-state index in [1.54, 1.807) is 31.2 Å². The number of methoxy groups -OCH3 is 2. The minimum atomic E-state index is -0.655. The molecule has 7 nitrogen and oxygen atoms in total. The van der Waals surface area contributed by atoms with E-state index >= 15 is 0 Å². The summed E-state index contributed by atoms with van der Waals surface area (Å²) in [5, 5.41) is 9.56. The zero-order valence-electron chi connectivity index (χ0n) is 14.0. The zero-order chi connectivity index (χ0) is 18.1. The number of pyridine rings is 1. The van der Waals surface area contributed by atoms with Crippen molar-refractivity contribution in [1.29, 1.82) is 5.26 Å². The third-order valence-electron chi connectivity index (χ3n) is 4.09. The van der Waals surface area contributed by atoms with E-state index in [0.29, 0.717) is 34.1 Å². The molecule has 0 bridgehead atoms. The van der Waals surface area contributed by atoms with Gasteiger partial charge in [-0.3, -0.25) is 4.79 Å². The molecule has 2 aromatic rings. The molecule has 25 heavy (non-hydrogen) atoms. The van der Waals surface area contributed by atoms with Crippen LogP contribution >= 0.6 is 0 Å². The van der Waals surface area contributed by atoms with Gasteiger partial charge in [-0.25, -0.2) is 0 Å². The summed E-state index contributed by atoms with van der Waals surface area (Å²) in [6.45, 7) is 1.75. The second-order valence-corrected chi connectivity index (χ2v) is 5.60. The first-order valence-electron chi connectivity index (χ1n) is 7.53. The first-order chi connectivity index (χ1) is 12.0. The molecule has 1 aliphatic rings. The van der Waals surface area contributed by atoms with Crippen molar-refractivity contribution in [3.63, 3.8) is 0 Å². The van der Waals surface area contributed by atoms with Gasteiger partial charge >= 0.3 is 0 Å². The van der Waals surface area contributed by atoms with Crippen LogP contribution in [-0.4, -0.2) is 19.2 Å². The van der Waals surface area contributed by atoms with Crippen molar-refractivity contribution in [2.45, 2.75) is 12.8 Å². The van der Waals surface area contributed by atoms with Crippen LogP contribution < -0.4 is 25.5 Å². The third kappa shape index (κ3) is 2.68. The Kier molecular flexibility index (Phi) is 4.11.